The summed E-state index contributed by atoms with van der Waals surface area (Å²) in [4.78, 5) is 19.3. The molecule has 4 heteroatoms. The monoisotopic (exact) mass is 249 g/mol. The van der Waals surface area contributed by atoms with Crippen molar-refractivity contribution in [2.75, 3.05) is 0 Å². The van der Waals surface area contributed by atoms with E-state index in [1.54, 1.807) is 6.20 Å². The van der Waals surface area contributed by atoms with Gasteiger partial charge in [-0.2, -0.15) is 0 Å². The summed E-state index contributed by atoms with van der Waals surface area (Å²) in [6.07, 6.45) is 2.82. The standard InChI is InChI=1S/C14H23N3O/c1-13(2,3)16-8-9-7-15-11(17-12(9)18)10-6-14(10,4)5/h7,10,16H,6,8H2,1-5H3,(H,15,17,18). The molecule has 0 saturated heterocycles. The number of hydrogen-bond donors (Lipinski definition) is 2. The molecule has 0 aromatic carbocycles. The lowest BCUT2D eigenvalue weighted by atomic mass is 10.1. The van der Waals surface area contributed by atoms with Crippen molar-refractivity contribution in [1.82, 2.24) is 15.3 Å². The van der Waals surface area contributed by atoms with E-state index in [0.29, 0.717) is 23.4 Å². The maximum Gasteiger partial charge on any atom is 0.255 e. The minimum absolute atomic E-state index is 0.00357. The summed E-state index contributed by atoms with van der Waals surface area (Å²) in [5.74, 6) is 1.25. The average Bonchev–Trinajstić information content (AvgIpc) is 2.84. The van der Waals surface area contributed by atoms with Gasteiger partial charge in [0.25, 0.3) is 5.56 Å². The van der Waals surface area contributed by atoms with Gasteiger partial charge < -0.3 is 10.3 Å². The van der Waals surface area contributed by atoms with Crippen LogP contribution in [0.15, 0.2) is 11.0 Å². The molecule has 1 atom stereocenters. The molecular formula is C14H23N3O. The van der Waals surface area contributed by atoms with Crippen molar-refractivity contribution < 1.29 is 0 Å². The summed E-state index contributed by atoms with van der Waals surface area (Å²) < 4.78 is 0. The Balaban J connectivity index is 2.09. The summed E-state index contributed by atoms with van der Waals surface area (Å²) in [7, 11) is 0. The predicted molar refractivity (Wildman–Crippen MR) is 72.6 cm³/mol. The summed E-state index contributed by atoms with van der Waals surface area (Å²) >= 11 is 0. The van der Waals surface area contributed by atoms with E-state index in [2.05, 4.69) is 49.9 Å². The van der Waals surface area contributed by atoms with E-state index in [1.807, 2.05) is 0 Å². The first kappa shape index (κ1) is 13.3. The van der Waals surface area contributed by atoms with Gasteiger partial charge in [0, 0.05) is 29.8 Å². The van der Waals surface area contributed by atoms with Gasteiger partial charge in [-0.05, 0) is 32.6 Å². The van der Waals surface area contributed by atoms with E-state index in [1.165, 1.54) is 0 Å². The van der Waals surface area contributed by atoms with Crippen LogP contribution in [0.3, 0.4) is 0 Å². The molecule has 0 spiro atoms. The number of aromatic nitrogens is 2. The largest absolute Gasteiger partial charge is 0.310 e. The van der Waals surface area contributed by atoms with Crippen LogP contribution in [-0.4, -0.2) is 15.5 Å². The van der Waals surface area contributed by atoms with Crippen LogP contribution in [-0.2, 0) is 6.54 Å². The van der Waals surface area contributed by atoms with Gasteiger partial charge in [0.05, 0.1) is 0 Å². The molecule has 1 fully saturated rings. The minimum atomic E-state index is -0.0144. The van der Waals surface area contributed by atoms with Crippen molar-refractivity contribution >= 4 is 0 Å². The molecule has 1 aliphatic carbocycles. The van der Waals surface area contributed by atoms with Crippen molar-refractivity contribution in [2.45, 2.75) is 59.0 Å². The second-order valence-electron chi connectivity index (χ2n) is 6.97. The van der Waals surface area contributed by atoms with Crippen LogP contribution >= 0.6 is 0 Å². The van der Waals surface area contributed by atoms with Gasteiger partial charge in [-0.3, -0.25) is 4.79 Å². The van der Waals surface area contributed by atoms with Crippen molar-refractivity contribution in [1.29, 1.82) is 0 Å². The Labute approximate surface area is 108 Å². The van der Waals surface area contributed by atoms with E-state index in [0.717, 1.165) is 12.2 Å². The Morgan fingerprint density at radius 3 is 2.56 bits per heavy atom. The normalized spacial score (nSPS) is 21.9. The topological polar surface area (TPSA) is 57.8 Å². The van der Waals surface area contributed by atoms with Crippen molar-refractivity contribution in [3.05, 3.63) is 27.9 Å². The van der Waals surface area contributed by atoms with Gasteiger partial charge in [-0.1, -0.05) is 13.8 Å². The lowest BCUT2D eigenvalue weighted by Gasteiger charge is -2.20. The second kappa shape index (κ2) is 4.19. The van der Waals surface area contributed by atoms with Gasteiger partial charge in [-0.25, -0.2) is 4.98 Å². The number of rotatable bonds is 3. The van der Waals surface area contributed by atoms with E-state index in [-0.39, 0.29) is 11.1 Å². The summed E-state index contributed by atoms with van der Waals surface area (Å²) in [5.41, 5.74) is 0.983. The molecule has 1 heterocycles. The number of nitrogens with one attached hydrogen (secondary N) is 2. The maximum absolute atomic E-state index is 12.0. The Hall–Kier alpha value is -1.16. The first-order valence-electron chi connectivity index (χ1n) is 6.52. The van der Waals surface area contributed by atoms with Crippen LogP contribution < -0.4 is 10.9 Å². The fourth-order valence-corrected chi connectivity index (χ4v) is 2.03. The predicted octanol–water partition coefficient (Wildman–Crippen LogP) is 2.17. The molecule has 18 heavy (non-hydrogen) atoms. The smallest absolute Gasteiger partial charge is 0.255 e. The fraction of sp³-hybridized carbons (Fsp3) is 0.714. The average molecular weight is 249 g/mol. The van der Waals surface area contributed by atoms with Crippen LogP contribution in [0.1, 0.15) is 58.3 Å². The Kier molecular flexibility index (Phi) is 3.09. The number of nitrogens with zero attached hydrogens (tertiary/aromatic N) is 1. The third kappa shape index (κ3) is 2.99. The molecule has 1 aromatic heterocycles. The third-order valence-electron chi connectivity index (χ3n) is 3.55. The van der Waals surface area contributed by atoms with Gasteiger partial charge in [0.15, 0.2) is 0 Å². The number of H-pyrrole nitrogens is 1. The van der Waals surface area contributed by atoms with E-state index >= 15 is 0 Å². The molecular weight excluding hydrogens is 226 g/mol. The second-order valence-corrected chi connectivity index (χ2v) is 6.97. The first-order chi connectivity index (χ1) is 8.19. The van der Waals surface area contributed by atoms with Crippen molar-refractivity contribution in [2.24, 2.45) is 5.41 Å². The molecule has 100 valence electrons. The van der Waals surface area contributed by atoms with Crippen LogP contribution in [0.2, 0.25) is 0 Å². The van der Waals surface area contributed by atoms with Gasteiger partial charge >= 0.3 is 0 Å². The zero-order chi connectivity index (χ0) is 13.6. The quantitative estimate of drug-likeness (QED) is 0.863. The molecule has 0 aliphatic heterocycles. The molecule has 0 amide bonds. The zero-order valence-corrected chi connectivity index (χ0v) is 11.9. The molecule has 1 saturated carbocycles. The number of aromatic amines is 1. The van der Waals surface area contributed by atoms with Crippen LogP contribution in [0.25, 0.3) is 0 Å². The number of hydrogen-bond acceptors (Lipinski definition) is 3. The molecule has 2 N–H and O–H groups in total. The third-order valence-corrected chi connectivity index (χ3v) is 3.55. The molecule has 0 radical (unpaired) electrons. The molecule has 1 aromatic rings. The highest BCUT2D eigenvalue weighted by atomic mass is 16.1. The molecule has 1 unspecified atom stereocenters. The van der Waals surface area contributed by atoms with Crippen molar-refractivity contribution in [3.8, 4) is 0 Å². The van der Waals surface area contributed by atoms with Crippen LogP contribution in [0.4, 0.5) is 0 Å². The Morgan fingerprint density at radius 1 is 1.50 bits per heavy atom. The molecule has 2 rings (SSSR count). The Bertz CT molecular complexity index is 496. The van der Waals surface area contributed by atoms with Gasteiger partial charge in [-0.15, -0.1) is 0 Å². The van der Waals surface area contributed by atoms with E-state index < -0.39 is 0 Å². The fourth-order valence-electron chi connectivity index (χ4n) is 2.03. The highest BCUT2D eigenvalue weighted by molar-refractivity contribution is 5.17. The van der Waals surface area contributed by atoms with E-state index in [9.17, 15) is 4.79 Å². The lowest BCUT2D eigenvalue weighted by molar-refractivity contribution is 0.422. The Morgan fingerprint density at radius 2 is 2.11 bits per heavy atom. The minimum Gasteiger partial charge on any atom is -0.310 e. The molecule has 4 nitrogen and oxygen atoms in total. The van der Waals surface area contributed by atoms with Crippen LogP contribution in [0.5, 0.6) is 0 Å². The molecule has 0 bridgehead atoms. The zero-order valence-electron chi connectivity index (χ0n) is 11.9. The summed E-state index contributed by atoms with van der Waals surface area (Å²) in [6, 6.07) is 0. The maximum atomic E-state index is 12.0. The SMILES string of the molecule is CC(C)(C)NCc1cnc(C2CC2(C)C)[nH]c1=O. The summed E-state index contributed by atoms with van der Waals surface area (Å²) in [6.45, 7) is 11.2. The van der Waals surface area contributed by atoms with E-state index in [4.69, 9.17) is 0 Å². The lowest BCUT2D eigenvalue weighted by Crippen LogP contribution is -2.36. The first-order valence-corrected chi connectivity index (χ1v) is 6.52. The highest BCUT2D eigenvalue weighted by Gasteiger charge is 2.48. The van der Waals surface area contributed by atoms with Crippen LogP contribution in [0, 0.1) is 5.41 Å². The van der Waals surface area contributed by atoms with Crippen molar-refractivity contribution in [3.63, 3.8) is 0 Å². The molecule has 1 aliphatic rings. The van der Waals surface area contributed by atoms with Gasteiger partial charge in [0.2, 0.25) is 0 Å². The summed E-state index contributed by atoms with van der Waals surface area (Å²) in [5, 5.41) is 3.30. The highest BCUT2D eigenvalue weighted by Crippen LogP contribution is 2.57. The van der Waals surface area contributed by atoms with Gasteiger partial charge in [0.1, 0.15) is 5.82 Å².